The second kappa shape index (κ2) is 11.4. The maximum atomic E-state index is 2.68. The van der Waals surface area contributed by atoms with Crippen LogP contribution >= 0.6 is 0 Å². The summed E-state index contributed by atoms with van der Waals surface area (Å²) in [6, 6.07) is 54.7. The highest BCUT2D eigenvalue weighted by atomic mass is 28.3. The van der Waals surface area contributed by atoms with E-state index < -0.39 is 8.07 Å². The lowest BCUT2D eigenvalue weighted by atomic mass is 9.84. The minimum atomic E-state index is -2.59. The van der Waals surface area contributed by atoms with Gasteiger partial charge < -0.3 is 4.90 Å². The van der Waals surface area contributed by atoms with Crippen LogP contribution in [0.3, 0.4) is 0 Å². The van der Waals surface area contributed by atoms with Crippen LogP contribution in [0.4, 0.5) is 5.69 Å². The Bertz CT molecular complexity index is 1800. The lowest BCUT2D eigenvalue weighted by Crippen LogP contribution is -2.69. The van der Waals surface area contributed by atoms with E-state index in [1.807, 2.05) is 0 Å². The van der Waals surface area contributed by atoms with Crippen molar-refractivity contribution in [2.45, 2.75) is 30.8 Å². The van der Waals surface area contributed by atoms with Crippen LogP contribution in [0.5, 0.6) is 0 Å². The Morgan fingerprint density at radius 3 is 1.84 bits per heavy atom. The fourth-order valence-corrected chi connectivity index (χ4v) is 13.6. The van der Waals surface area contributed by atoms with Gasteiger partial charge in [0.1, 0.15) is 0 Å². The predicted octanol–water partition coefficient (Wildman–Crippen LogP) is 8.26. The second-order valence-electron chi connectivity index (χ2n) is 12.4. The molecule has 5 aromatic rings. The highest BCUT2D eigenvalue weighted by Gasteiger charge is 2.50. The molecule has 0 saturated heterocycles. The smallest absolute Gasteiger partial charge is 0.155 e. The van der Waals surface area contributed by atoms with Crippen molar-refractivity contribution in [2.75, 3.05) is 4.90 Å². The third-order valence-corrected chi connectivity index (χ3v) is 15.3. The molecule has 214 valence electrons. The third-order valence-electron chi connectivity index (χ3n) is 10.1. The zero-order chi connectivity index (χ0) is 29.3. The summed E-state index contributed by atoms with van der Waals surface area (Å²) in [5.41, 5.74) is 7.30. The van der Waals surface area contributed by atoms with Crippen LogP contribution in [0.1, 0.15) is 19.3 Å². The summed E-state index contributed by atoms with van der Waals surface area (Å²) in [6.45, 7) is 0. The fourth-order valence-electron chi connectivity index (χ4n) is 8.22. The van der Waals surface area contributed by atoms with E-state index in [-0.39, 0.29) is 0 Å². The lowest BCUT2D eigenvalue weighted by molar-refractivity contribution is 0.519. The van der Waals surface area contributed by atoms with Gasteiger partial charge in [-0.05, 0) is 69.2 Å². The van der Waals surface area contributed by atoms with Gasteiger partial charge in [0, 0.05) is 17.3 Å². The summed E-state index contributed by atoms with van der Waals surface area (Å²) in [5.74, 6) is 0.554. The molecular weight excluding hydrogens is 547 g/mol. The topological polar surface area (TPSA) is 3.24 Å². The van der Waals surface area contributed by atoms with Gasteiger partial charge in [-0.25, -0.2) is 0 Å². The van der Waals surface area contributed by atoms with Crippen LogP contribution in [0.15, 0.2) is 181 Å². The largest absolute Gasteiger partial charge is 0.337 e. The number of anilines is 1. The first kappa shape index (κ1) is 26.9. The van der Waals surface area contributed by atoms with Crippen molar-refractivity contribution in [3.8, 4) is 11.1 Å². The van der Waals surface area contributed by atoms with Crippen LogP contribution in [0.25, 0.3) is 11.1 Å². The number of allylic oxidation sites excluding steroid dienone is 4. The number of para-hydroxylation sites is 1. The van der Waals surface area contributed by atoms with Gasteiger partial charge in [-0.3, -0.25) is 0 Å². The minimum absolute atomic E-state index is 0.354. The Kier molecular flexibility index (Phi) is 7.00. The molecule has 3 atom stereocenters. The summed E-state index contributed by atoms with van der Waals surface area (Å²) >= 11 is 0. The third kappa shape index (κ3) is 4.44. The van der Waals surface area contributed by atoms with Crippen molar-refractivity contribution in [1.82, 2.24) is 0 Å². The molecule has 3 aliphatic rings. The van der Waals surface area contributed by atoms with Crippen LogP contribution in [0, 0.1) is 5.92 Å². The van der Waals surface area contributed by atoms with E-state index in [4.69, 9.17) is 0 Å². The van der Waals surface area contributed by atoms with Crippen LogP contribution in [-0.2, 0) is 0 Å². The van der Waals surface area contributed by atoms with E-state index in [0.29, 0.717) is 17.5 Å². The molecule has 0 radical (unpaired) electrons. The average molecular weight is 584 g/mol. The first-order valence-electron chi connectivity index (χ1n) is 16.0. The molecule has 0 N–H and O–H groups in total. The van der Waals surface area contributed by atoms with E-state index in [1.165, 1.54) is 44.5 Å². The zero-order valence-corrected chi connectivity index (χ0v) is 26.0. The monoisotopic (exact) mass is 583 g/mol. The maximum absolute atomic E-state index is 2.68. The number of rotatable bonds is 6. The molecule has 5 aromatic carbocycles. The fraction of sp³-hybridized carbons (Fsp3) is 0.143. The van der Waals surface area contributed by atoms with E-state index in [9.17, 15) is 0 Å². The molecule has 44 heavy (non-hydrogen) atoms. The summed E-state index contributed by atoms with van der Waals surface area (Å²) < 4.78 is 0. The van der Waals surface area contributed by atoms with Gasteiger partial charge >= 0.3 is 0 Å². The molecule has 2 heteroatoms. The Morgan fingerprint density at radius 1 is 0.568 bits per heavy atom. The molecular formula is C42H37NSi. The van der Waals surface area contributed by atoms with Crippen LogP contribution < -0.4 is 20.5 Å². The molecule has 0 aromatic heterocycles. The second-order valence-corrected chi connectivity index (χ2v) is 16.5. The molecule has 0 fully saturated rings. The van der Waals surface area contributed by atoms with Crippen molar-refractivity contribution in [1.29, 1.82) is 0 Å². The predicted molar refractivity (Wildman–Crippen MR) is 189 cm³/mol. The van der Waals surface area contributed by atoms with Gasteiger partial charge in [0.2, 0.25) is 0 Å². The number of fused-ring (bicyclic) bond motifs is 2. The standard InChI is InChI=1S/C42H37NSi/c1-5-16-32(17-6-1)33-18-15-25-37(30-33)44(35-21-9-3-10-22-35,36-23-11-4-12-24-36)38-28-29-40-39-26-13-14-27-41(39)43(42(40)31-38)34-19-7-2-8-20-34/h1-12,14-25,27-30,38-39,41H,13,26,31H2. The molecule has 0 amide bonds. The number of nitrogens with zero attached hydrogens (tertiary/aromatic N) is 1. The van der Waals surface area contributed by atoms with Crippen molar-refractivity contribution < 1.29 is 0 Å². The van der Waals surface area contributed by atoms with E-state index in [0.717, 1.165) is 12.8 Å². The first-order valence-corrected chi connectivity index (χ1v) is 18.1. The molecule has 2 aliphatic carbocycles. The lowest BCUT2D eigenvalue weighted by Gasteiger charge is -2.42. The summed E-state index contributed by atoms with van der Waals surface area (Å²) in [5, 5.41) is 4.41. The van der Waals surface area contributed by atoms with E-state index in [1.54, 1.807) is 5.57 Å². The Balaban J connectivity index is 1.34. The Hall–Kier alpha value is -4.66. The van der Waals surface area contributed by atoms with Gasteiger partial charge in [0.25, 0.3) is 0 Å². The van der Waals surface area contributed by atoms with E-state index >= 15 is 0 Å². The number of hydrogen-bond donors (Lipinski definition) is 0. The molecule has 1 aliphatic heterocycles. The van der Waals surface area contributed by atoms with Crippen molar-refractivity contribution >= 4 is 29.3 Å². The highest BCUT2D eigenvalue weighted by Crippen LogP contribution is 2.49. The normalized spacial score (nSPS) is 20.8. The van der Waals surface area contributed by atoms with Gasteiger partial charge in [-0.2, -0.15) is 0 Å². The van der Waals surface area contributed by atoms with Gasteiger partial charge in [0.15, 0.2) is 8.07 Å². The quantitative estimate of drug-likeness (QED) is 0.111. The molecule has 3 unspecified atom stereocenters. The molecule has 1 heterocycles. The molecule has 0 spiro atoms. The molecule has 0 saturated carbocycles. The molecule has 0 bridgehead atoms. The molecule has 8 rings (SSSR count). The Labute approximate surface area is 262 Å². The average Bonchev–Trinajstić information content (AvgIpc) is 3.44. The minimum Gasteiger partial charge on any atom is -0.337 e. The zero-order valence-electron chi connectivity index (χ0n) is 25.0. The van der Waals surface area contributed by atoms with Gasteiger partial charge in [-0.1, -0.05) is 158 Å². The van der Waals surface area contributed by atoms with Crippen LogP contribution in [0.2, 0.25) is 5.54 Å². The van der Waals surface area contributed by atoms with Crippen molar-refractivity contribution in [3.05, 3.63) is 181 Å². The van der Waals surface area contributed by atoms with Crippen LogP contribution in [-0.4, -0.2) is 14.1 Å². The number of benzene rings is 5. The highest BCUT2D eigenvalue weighted by molar-refractivity contribution is 7.12. The number of hydrogen-bond acceptors (Lipinski definition) is 1. The SMILES string of the molecule is C1=CC2C(CC1)C1=C(CC([Si](c3ccccc3)(c3ccccc3)c3cccc(-c4ccccc4)c3)C=C1)N2c1ccccc1. The van der Waals surface area contributed by atoms with Crippen molar-refractivity contribution in [2.24, 2.45) is 5.92 Å². The summed E-state index contributed by atoms with van der Waals surface area (Å²) in [4.78, 5) is 2.68. The van der Waals surface area contributed by atoms with Gasteiger partial charge in [0.05, 0.1) is 6.04 Å². The molecule has 1 nitrogen and oxygen atoms in total. The van der Waals surface area contributed by atoms with Crippen molar-refractivity contribution in [3.63, 3.8) is 0 Å². The first-order chi connectivity index (χ1) is 21.8. The summed E-state index contributed by atoms with van der Waals surface area (Å²) in [6.07, 6.45) is 13.5. The maximum Gasteiger partial charge on any atom is 0.155 e. The Morgan fingerprint density at radius 2 is 1.16 bits per heavy atom. The van der Waals surface area contributed by atoms with Gasteiger partial charge in [-0.15, -0.1) is 0 Å². The summed E-state index contributed by atoms with van der Waals surface area (Å²) in [7, 11) is -2.59. The van der Waals surface area contributed by atoms with E-state index in [2.05, 4.69) is 175 Å².